The Labute approximate surface area is 121 Å². The summed E-state index contributed by atoms with van der Waals surface area (Å²) in [6, 6.07) is 8.05. The number of hydrogen-bond donors (Lipinski definition) is 1. The summed E-state index contributed by atoms with van der Waals surface area (Å²) in [5, 5.41) is 3.24. The highest BCUT2D eigenvalue weighted by Crippen LogP contribution is 2.50. The number of pyridine rings is 1. The van der Waals surface area contributed by atoms with Crippen LogP contribution in [0, 0.1) is 17.6 Å². The van der Waals surface area contributed by atoms with Crippen LogP contribution < -0.4 is 5.32 Å². The lowest BCUT2D eigenvalue weighted by atomic mass is 9.78. The van der Waals surface area contributed by atoms with E-state index in [9.17, 15) is 8.78 Å². The number of hydrogen-bond acceptors (Lipinski definition) is 2. The Balaban J connectivity index is 1.84. The largest absolute Gasteiger partial charge is 0.374 e. The van der Waals surface area contributed by atoms with Gasteiger partial charge in [0, 0.05) is 18.2 Å². The van der Waals surface area contributed by atoms with Crippen LogP contribution in [-0.2, 0) is 0 Å². The van der Waals surface area contributed by atoms with Crippen LogP contribution in [0.1, 0.15) is 29.6 Å². The number of nitrogens with one attached hydrogen (secondary N) is 1. The van der Waals surface area contributed by atoms with Crippen LogP contribution in [0.4, 0.5) is 14.5 Å². The van der Waals surface area contributed by atoms with Crippen molar-refractivity contribution in [2.75, 3.05) is 5.32 Å². The zero-order chi connectivity index (χ0) is 14.4. The third-order valence-electron chi connectivity index (χ3n) is 4.39. The molecule has 0 saturated carbocycles. The lowest BCUT2D eigenvalue weighted by molar-refractivity contribution is 0.412. The molecule has 2 nitrogen and oxygen atoms in total. The Bertz CT molecular complexity index is 712. The lowest BCUT2D eigenvalue weighted by Gasteiger charge is -2.37. The summed E-state index contributed by atoms with van der Waals surface area (Å²) in [6.07, 6.45) is 6.77. The molecule has 1 aromatic carbocycles. The van der Waals surface area contributed by atoms with Crippen molar-refractivity contribution in [3.8, 4) is 0 Å². The normalized spacial score (nSPS) is 26.1. The van der Waals surface area contributed by atoms with Crippen LogP contribution in [0.5, 0.6) is 0 Å². The first kappa shape index (κ1) is 12.5. The van der Waals surface area contributed by atoms with E-state index in [-0.39, 0.29) is 17.9 Å². The van der Waals surface area contributed by atoms with Crippen molar-refractivity contribution in [3.63, 3.8) is 0 Å². The number of allylic oxidation sites excluding steroid dienone is 2. The molecule has 106 valence electrons. The number of rotatable bonds is 1. The second-order valence-electron chi connectivity index (χ2n) is 5.58. The first-order valence-corrected chi connectivity index (χ1v) is 7.07. The highest BCUT2D eigenvalue weighted by Gasteiger charge is 2.39. The van der Waals surface area contributed by atoms with Gasteiger partial charge in [-0.25, -0.2) is 8.78 Å². The van der Waals surface area contributed by atoms with Gasteiger partial charge in [0.15, 0.2) is 0 Å². The molecule has 4 rings (SSSR count). The summed E-state index contributed by atoms with van der Waals surface area (Å²) in [5.74, 6) is -0.778. The standard InChI is InChI=1S/C17H14F2N2/c18-10-8-13-11-4-3-5-12(11)17(15-6-1-2-7-20-15)21-16(13)14(19)9-10/h1-4,6-9,11-12,17,21H,5H2/t11-,12-,17-/m1/s1. The van der Waals surface area contributed by atoms with E-state index >= 15 is 0 Å². The fourth-order valence-corrected chi connectivity index (χ4v) is 3.47. The van der Waals surface area contributed by atoms with E-state index in [4.69, 9.17) is 0 Å². The highest BCUT2D eigenvalue weighted by atomic mass is 19.1. The minimum Gasteiger partial charge on any atom is -0.374 e. The van der Waals surface area contributed by atoms with Crippen LogP contribution in [0.15, 0.2) is 48.7 Å². The molecule has 1 aliphatic carbocycles. The molecule has 0 saturated heterocycles. The van der Waals surface area contributed by atoms with Gasteiger partial charge in [0.05, 0.1) is 17.4 Å². The fraction of sp³-hybridized carbons (Fsp3) is 0.235. The van der Waals surface area contributed by atoms with Crippen molar-refractivity contribution in [1.29, 1.82) is 0 Å². The van der Waals surface area contributed by atoms with Crippen LogP contribution >= 0.6 is 0 Å². The van der Waals surface area contributed by atoms with E-state index in [2.05, 4.69) is 22.5 Å². The quantitative estimate of drug-likeness (QED) is 0.794. The molecule has 0 bridgehead atoms. The van der Waals surface area contributed by atoms with E-state index in [1.807, 2.05) is 18.2 Å². The number of anilines is 1. The number of aromatic nitrogens is 1. The molecule has 4 heteroatoms. The molecule has 2 aromatic rings. The minimum absolute atomic E-state index is 0.0402. The number of halogens is 2. The van der Waals surface area contributed by atoms with Gasteiger partial charge in [-0.3, -0.25) is 4.98 Å². The van der Waals surface area contributed by atoms with Crippen molar-refractivity contribution in [2.24, 2.45) is 5.92 Å². The third-order valence-corrected chi connectivity index (χ3v) is 4.39. The topological polar surface area (TPSA) is 24.9 Å². The molecule has 2 heterocycles. The zero-order valence-electron chi connectivity index (χ0n) is 11.3. The Hall–Kier alpha value is -2.23. The predicted molar refractivity (Wildman–Crippen MR) is 76.9 cm³/mol. The SMILES string of the molecule is Fc1cc(F)c2c(c1)[C@@H]1C=CC[C@H]1[C@H](c1ccccn1)N2. The molecule has 1 N–H and O–H groups in total. The molecule has 1 aromatic heterocycles. The van der Waals surface area contributed by atoms with E-state index in [0.29, 0.717) is 11.3 Å². The Kier molecular flexibility index (Phi) is 2.77. The number of benzene rings is 1. The molecule has 0 radical (unpaired) electrons. The predicted octanol–water partition coefficient (Wildman–Crippen LogP) is 4.19. The molecular weight excluding hydrogens is 270 g/mol. The molecule has 0 fully saturated rings. The van der Waals surface area contributed by atoms with E-state index in [1.165, 1.54) is 6.07 Å². The van der Waals surface area contributed by atoms with Gasteiger partial charge in [-0.1, -0.05) is 18.2 Å². The summed E-state index contributed by atoms with van der Waals surface area (Å²) in [7, 11) is 0. The summed E-state index contributed by atoms with van der Waals surface area (Å²) < 4.78 is 27.7. The third kappa shape index (κ3) is 1.94. The van der Waals surface area contributed by atoms with Crippen molar-refractivity contribution in [1.82, 2.24) is 4.98 Å². The lowest BCUT2D eigenvalue weighted by Crippen LogP contribution is -2.30. The van der Waals surface area contributed by atoms with Gasteiger partial charge < -0.3 is 5.32 Å². The maximum absolute atomic E-state index is 14.1. The Morgan fingerprint density at radius 1 is 1.19 bits per heavy atom. The second kappa shape index (κ2) is 4.65. The summed E-state index contributed by atoms with van der Waals surface area (Å²) in [5.41, 5.74) is 2.00. The average Bonchev–Trinajstić information content (AvgIpc) is 2.97. The molecule has 2 aliphatic rings. The van der Waals surface area contributed by atoms with E-state index < -0.39 is 11.6 Å². The van der Waals surface area contributed by atoms with Crippen molar-refractivity contribution in [2.45, 2.75) is 18.4 Å². The molecule has 3 atom stereocenters. The molecule has 0 amide bonds. The van der Waals surface area contributed by atoms with Gasteiger partial charge >= 0.3 is 0 Å². The molecular formula is C17H14F2N2. The maximum Gasteiger partial charge on any atom is 0.149 e. The summed E-state index contributed by atoms with van der Waals surface area (Å²) in [4.78, 5) is 4.40. The van der Waals surface area contributed by atoms with Crippen molar-refractivity contribution >= 4 is 5.69 Å². The van der Waals surface area contributed by atoms with Gasteiger partial charge in [-0.2, -0.15) is 0 Å². The first-order chi connectivity index (χ1) is 10.2. The molecule has 0 unspecified atom stereocenters. The van der Waals surface area contributed by atoms with Gasteiger partial charge in [-0.05, 0) is 36.1 Å². The van der Waals surface area contributed by atoms with Crippen LogP contribution in [-0.4, -0.2) is 4.98 Å². The van der Waals surface area contributed by atoms with Gasteiger partial charge in [0.1, 0.15) is 11.6 Å². The smallest absolute Gasteiger partial charge is 0.149 e. The zero-order valence-corrected chi connectivity index (χ0v) is 11.3. The van der Waals surface area contributed by atoms with E-state index in [1.54, 1.807) is 6.20 Å². The molecule has 0 spiro atoms. The number of fused-ring (bicyclic) bond motifs is 3. The summed E-state index contributed by atoms with van der Waals surface area (Å²) >= 11 is 0. The fourth-order valence-electron chi connectivity index (χ4n) is 3.47. The van der Waals surface area contributed by atoms with Crippen molar-refractivity contribution < 1.29 is 8.78 Å². The Morgan fingerprint density at radius 3 is 2.90 bits per heavy atom. The minimum atomic E-state index is -0.537. The van der Waals surface area contributed by atoms with Crippen molar-refractivity contribution in [3.05, 3.63) is 71.6 Å². The monoisotopic (exact) mass is 284 g/mol. The van der Waals surface area contributed by atoms with E-state index in [0.717, 1.165) is 18.2 Å². The molecule has 21 heavy (non-hydrogen) atoms. The molecule has 1 aliphatic heterocycles. The second-order valence-corrected chi connectivity index (χ2v) is 5.58. The van der Waals surface area contributed by atoms with Gasteiger partial charge in [0.25, 0.3) is 0 Å². The van der Waals surface area contributed by atoms with Gasteiger partial charge in [-0.15, -0.1) is 0 Å². The van der Waals surface area contributed by atoms with Crippen LogP contribution in [0.25, 0.3) is 0 Å². The summed E-state index contributed by atoms with van der Waals surface area (Å²) in [6.45, 7) is 0. The van der Waals surface area contributed by atoms with Gasteiger partial charge in [0.2, 0.25) is 0 Å². The Morgan fingerprint density at radius 2 is 2.10 bits per heavy atom. The average molecular weight is 284 g/mol. The highest BCUT2D eigenvalue weighted by molar-refractivity contribution is 5.60. The first-order valence-electron chi connectivity index (χ1n) is 7.07. The van der Waals surface area contributed by atoms with Crippen LogP contribution in [0.3, 0.4) is 0 Å². The number of nitrogens with zero attached hydrogens (tertiary/aromatic N) is 1. The maximum atomic E-state index is 14.1. The van der Waals surface area contributed by atoms with Crippen LogP contribution in [0.2, 0.25) is 0 Å².